The van der Waals surface area contributed by atoms with Crippen LogP contribution in [0.1, 0.15) is 194 Å². The van der Waals surface area contributed by atoms with Crippen molar-refractivity contribution in [3.63, 3.8) is 0 Å². The maximum absolute atomic E-state index is 3.88. The van der Waals surface area contributed by atoms with Gasteiger partial charge in [-0.05, 0) is 0 Å². The van der Waals surface area contributed by atoms with Gasteiger partial charge in [-0.2, -0.15) is 0 Å². The van der Waals surface area contributed by atoms with Gasteiger partial charge in [0, 0.05) is 0 Å². The summed E-state index contributed by atoms with van der Waals surface area (Å²) in [5.41, 5.74) is 10.0. The van der Waals surface area contributed by atoms with Crippen molar-refractivity contribution in [3.05, 3.63) is 177 Å². The second-order valence-electron chi connectivity index (χ2n) is 26.3. The van der Waals surface area contributed by atoms with E-state index in [-0.39, 0.29) is 0 Å². The predicted molar refractivity (Wildman–Crippen MR) is 381 cm³/mol. The number of hydrogen-bond acceptors (Lipinski definition) is 0. The van der Waals surface area contributed by atoms with Gasteiger partial charge < -0.3 is 0 Å². The van der Waals surface area contributed by atoms with Crippen LogP contribution in [0.15, 0.2) is 121 Å². The van der Waals surface area contributed by atoms with E-state index >= 15 is 0 Å². The van der Waals surface area contributed by atoms with Gasteiger partial charge in [-0.15, -0.1) is 0 Å². The Bertz CT molecular complexity index is 2980. The molecule has 6 aliphatic rings. The van der Waals surface area contributed by atoms with Crippen molar-refractivity contribution in [1.82, 2.24) is 0 Å². The summed E-state index contributed by atoms with van der Waals surface area (Å²) in [4.78, 5) is 0. The van der Waals surface area contributed by atoms with Gasteiger partial charge in [-0.25, -0.2) is 0 Å². The minimum absolute atomic E-state index is 0.390. The van der Waals surface area contributed by atoms with Gasteiger partial charge in [-0.3, -0.25) is 0 Å². The molecule has 0 unspecified atom stereocenters. The van der Waals surface area contributed by atoms with Crippen LogP contribution in [0, 0.1) is 107 Å². The van der Waals surface area contributed by atoms with Crippen molar-refractivity contribution in [1.29, 1.82) is 0 Å². The molecule has 0 spiro atoms. The summed E-state index contributed by atoms with van der Waals surface area (Å²) in [5, 5.41) is 0. The van der Waals surface area contributed by atoms with E-state index in [0.29, 0.717) is 47.5 Å². The second-order valence-corrected chi connectivity index (χ2v) is 74.0. The van der Waals surface area contributed by atoms with Crippen molar-refractivity contribution >= 4 is 66.3 Å². The molecule has 0 saturated heterocycles. The molecular weight excluding hydrogens is 1320 g/mol. The first-order valence-corrected chi connectivity index (χ1v) is 53.6. The van der Waals surface area contributed by atoms with Crippen LogP contribution < -0.4 is 0 Å². The fraction of sp³-hybridized carbons (Fsp3) is 0.375. The quantitative estimate of drug-likeness (QED) is 0.0966. The average Bonchev–Trinajstić information content (AvgIpc) is 3.64. The molecule has 5 aromatic carbocycles. The molecule has 10 bridgehead atoms. The molecule has 6 aliphatic heterocycles. The molecule has 5 heteroatoms. The Morgan fingerprint density at radius 1 is 0.153 bits per heavy atom. The van der Waals surface area contributed by atoms with Crippen molar-refractivity contribution < 1.29 is 0 Å². The number of hydrogen-bond donors (Lipinski definition) is 0. The van der Waals surface area contributed by atoms with Crippen LogP contribution in [-0.4, -0.2) is 66.3 Å². The minimum atomic E-state index is -3.09. The van der Waals surface area contributed by atoms with Crippen molar-refractivity contribution in [2.75, 3.05) is 0 Å². The fourth-order valence-corrected chi connectivity index (χ4v) is 45.4. The molecule has 0 radical (unpaired) electrons. The zero-order valence-corrected chi connectivity index (χ0v) is 65.3. The Kier molecular flexibility index (Phi) is 24.5. The van der Waals surface area contributed by atoms with Crippen LogP contribution in [0.3, 0.4) is 0 Å². The molecule has 0 aliphatic carbocycles. The number of rotatable bonds is 10. The van der Waals surface area contributed by atoms with Crippen molar-refractivity contribution in [2.45, 2.75) is 186 Å². The zero-order valence-electron chi connectivity index (χ0n) is 54.8. The third-order valence-corrected chi connectivity index (χ3v) is 67.2. The molecular formula is C80H90Ge5. The van der Waals surface area contributed by atoms with Gasteiger partial charge in [0.1, 0.15) is 0 Å². The molecule has 0 N–H and O–H groups in total. The molecule has 0 fully saturated rings. The topological polar surface area (TPSA) is 0 Å². The first kappa shape index (κ1) is 68.5. The molecule has 11 rings (SSSR count). The third kappa shape index (κ3) is 16.9. The van der Waals surface area contributed by atoms with Crippen LogP contribution in [0.25, 0.3) is 0 Å². The van der Waals surface area contributed by atoms with Gasteiger partial charge in [0.25, 0.3) is 0 Å². The van der Waals surface area contributed by atoms with E-state index in [1.807, 2.05) is 0 Å². The fourth-order valence-electron chi connectivity index (χ4n) is 11.3. The van der Waals surface area contributed by atoms with Gasteiger partial charge in [-0.1, -0.05) is 0 Å². The third-order valence-electron chi connectivity index (χ3n) is 17.7. The molecule has 85 heavy (non-hydrogen) atoms. The molecule has 0 atom stereocenters. The van der Waals surface area contributed by atoms with Crippen LogP contribution in [0.5, 0.6) is 0 Å². The molecule has 0 saturated carbocycles. The van der Waals surface area contributed by atoms with Gasteiger partial charge in [0.15, 0.2) is 0 Å². The van der Waals surface area contributed by atoms with Crippen LogP contribution in [0.4, 0.5) is 0 Å². The van der Waals surface area contributed by atoms with E-state index in [2.05, 4.69) is 367 Å². The normalized spacial score (nSPS) is 15.4. The monoisotopic (exact) mass is 1420 g/mol. The Labute approximate surface area is 530 Å². The molecule has 5 aromatic rings. The van der Waals surface area contributed by atoms with E-state index in [9.17, 15) is 0 Å². The SMILES string of the molecule is C[CH](C)[Ge]1([CH](C)C)[C]#Cc2ccc(cc2)C#[C][Ge]([CH](C)C)([CH](C)C)[C]#Cc2ccc(cc2)C#[C][Ge]([CH](C)C)([CH](C)C)[C]#Cc2ccc(cc2)C#[C][Ge]([CH](C)C)([CH](C)C)[C]#Cc2ccc(cc2)C#[C][Ge]([CH](C)C)([CH](C)C)[C]#Cc2ccc(cc2)C#[C]1. The summed E-state index contributed by atoms with van der Waals surface area (Å²) in [5.74, 6) is 36.3. The summed E-state index contributed by atoms with van der Waals surface area (Å²) in [7, 11) is 0. The van der Waals surface area contributed by atoms with Crippen molar-refractivity contribution in [3.8, 4) is 107 Å². The first-order valence-electron chi connectivity index (χ1n) is 31.0. The molecule has 0 amide bonds. The maximum atomic E-state index is 3.88. The number of fused-ring (bicyclic) bond motifs is 5. The van der Waals surface area contributed by atoms with Gasteiger partial charge >= 0.3 is 536 Å². The van der Waals surface area contributed by atoms with Gasteiger partial charge in [0.2, 0.25) is 0 Å². The Morgan fingerprint density at radius 2 is 0.224 bits per heavy atom. The summed E-state index contributed by atoms with van der Waals surface area (Å²) >= 11 is -15.4. The molecule has 430 valence electrons. The summed E-state index contributed by atoms with van der Waals surface area (Å²) in [6.07, 6.45) is 0. The van der Waals surface area contributed by atoms with E-state index < -0.39 is 66.3 Å². The molecule has 6 heterocycles. The van der Waals surface area contributed by atoms with E-state index in [0.717, 1.165) is 55.6 Å². The first-order chi connectivity index (χ1) is 40.2. The summed E-state index contributed by atoms with van der Waals surface area (Å²) < 4.78 is 42.7. The Balaban J connectivity index is 1.47. The molecule has 0 aromatic heterocycles. The zero-order chi connectivity index (χ0) is 62.3. The number of benzene rings is 5. The summed E-state index contributed by atoms with van der Waals surface area (Å²) in [6.45, 7) is 46.3. The van der Waals surface area contributed by atoms with E-state index in [1.54, 1.807) is 0 Å². The molecule has 0 nitrogen and oxygen atoms in total. The van der Waals surface area contributed by atoms with Crippen LogP contribution in [-0.2, 0) is 0 Å². The van der Waals surface area contributed by atoms with E-state index in [1.165, 1.54) is 0 Å². The summed E-state index contributed by atoms with van der Waals surface area (Å²) in [6, 6.07) is 42.6. The second kappa shape index (κ2) is 30.4. The average molecular weight is 1410 g/mol. The Morgan fingerprint density at radius 3 is 0.282 bits per heavy atom. The van der Waals surface area contributed by atoms with Crippen LogP contribution in [0.2, 0.25) is 47.5 Å². The van der Waals surface area contributed by atoms with Gasteiger partial charge in [0.05, 0.1) is 0 Å². The van der Waals surface area contributed by atoms with Crippen LogP contribution >= 0.6 is 0 Å². The Hall–Kier alpha value is -5.59. The van der Waals surface area contributed by atoms with Crippen molar-refractivity contribution in [2.24, 2.45) is 0 Å². The predicted octanol–water partition coefficient (Wildman–Crippen LogP) is 18.8. The standard InChI is InChI=1S/C80H90Ge5/c1-61(2)81(62(3)4)51-41-71-21-25-73(26-22-71)43-53-82(63(5)6,64(7)8)55-45-75-29-33-77(34-30-75)47-57-84(67(13)14,68(15)16)59-49-79-37-39-80(40-38-79)50-60-85(69(17)18,70(19)20)58-48-78-35-31-76(32-36-78)46-56-83(65(9)10,66(11)12)54-44-74-27-23-72(24-28-74)42-52-81/h21-40,61-70H,1-20H3. The van der Waals surface area contributed by atoms with E-state index in [4.69, 9.17) is 0 Å².